The van der Waals surface area contributed by atoms with Crippen LogP contribution in [-0.2, 0) is 6.42 Å². The van der Waals surface area contributed by atoms with E-state index >= 15 is 0 Å². The van der Waals surface area contributed by atoms with Crippen molar-refractivity contribution in [1.82, 2.24) is 0 Å². The zero-order chi connectivity index (χ0) is 13.2. The SMILES string of the molecule is N#Cc1ccc(Cl)cc1NCC1Cc2ccccc21. The maximum atomic E-state index is 9.07. The van der Waals surface area contributed by atoms with Gasteiger partial charge in [0.25, 0.3) is 0 Å². The number of rotatable bonds is 3. The van der Waals surface area contributed by atoms with Gasteiger partial charge in [0.2, 0.25) is 0 Å². The average Bonchev–Trinajstić information content (AvgIpc) is 2.40. The maximum absolute atomic E-state index is 9.07. The molecule has 0 radical (unpaired) electrons. The molecule has 0 heterocycles. The Labute approximate surface area is 117 Å². The van der Waals surface area contributed by atoms with Gasteiger partial charge in [-0.25, -0.2) is 0 Å². The van der Waals surface area contributed by atoms with Crippen LogP contribution in [0.2, 0.25) is 5.02 Å². The number of nitrogens with one attached hydrogen (secondary N) is 1. The second kappa shape index (κ2) is 4.95. The van der Waals surface area contributed by atoms with Gasteiger partial charge in [-0.05, 0) is 35.7 Å². The Kier molecular flexibility index (Phi) is 3.15. The Morgan fingerprint density at radius 2 is 2.11 bits per heavy atom. The van der Waals surface area contributed by atoms with Crippen molar-refractivity contribution in [2.24, 2.45) is 0 Å². The van der Waals surface area contributed by atoms with Crippen molar-refractivity contribution >= 4 is 17.3 Å². The highest BCUT2D eigenvalue weighted by atomic mass is 35.5. The molecule has 19 heavy (non-hydrogen) atoms. The molecule has 2 nitrogen and oxygen atoms in total. The van der Waals surface area contributed by atoms with Crippen LogP contribution in [0.15, 0.2) is 42.5 Å². The van der Waals surface area contributed by atoms with Gasteiger partial charge in [0.15, 0.2) is 0 Å². The van der Waals surface area contributed by atoms with Gasteiger partial charge in [-0.3, -0.25) is 0 Å². The molecule has 0 amide bonds. The molecule has 0 aliphatic heterocycles. The lowest BCUT2D eigenvalue weighted by Gasteiger charge is -2.30. The van der Waals surface area contributed by atoms with Crippen molar-refractivity contribution in [1.29, 1.82) is 5.26 Å². The van der Waals surface area contributed by atoms with Crippen LogP contribution in [0.1, 0.15) is 22.6 Å². The Bertz CT molecular complexity index is 658. The van der Waals surface area contributed by atoms with Crippen molar-refractivity contribution in [2.75, 3.05) is 11.9 Å². The summed E-state index contributed by atoms with van der Waals surface area (Å²) < 4.78 is 0. The number of anilines is 1. The van der Waals surface area contributed by atoms with Gasteiger partial charge in [0.05, 0.1) is 11.3 Å². The minimum absolute atomic E-state index is 0.529. The highest BCUT2D eigenvalue weighted by molar-refractivity contribution is 6.30. The molecular formula is C16H13ClN2. The first-order valence-electron chi connectivity index (χ1n) is 6.29. The molecule has 2 aromatic carbocycles. The molecule has 0 bridgehead atoms. The first kappa shape index (κ1) is 12.1. The van der Waals surface area contributed by atoms with Crippen LogP contribution in [0.25, 0.3) is 0 Å². The fraction of sp³-hybridized carbons (Fsp3) is 0.188. The molecule has 3 heteroatoms. The third-order valence-electron chi connectivity index (χ3n) is 3.60. The molecule has 0 saturated carbocycles. The summed E-state index contributed by atoms with van der Waals surface area (Å²) in [5.41, 5.74) is 4.30. The lowest BCUT2D eigenvalue weighted by Crippen LogP contribution is -2.24. The van der Waals surface area contributed by atoms with Gasteiger partial charge in [0, 0.05) is 17.5 Å². The molecule has 0 fully saturated rings. The highest BCUT2D eigenvalue weighted by Gasteiger charge is 2.25. The summed E-state index contributed by atoms with van der Waals surface area (Å²) in [5.74, 6) is 0.529. The molecule has 0 saturated heterocycles. The Balaban J connectivity index is 1.72. The van der Waals surface area contributed by atoms with Crippen LogP contribution >= 0.6 is 11.6 Å². The van der Waals surface area contributed by atoms with Gasteiger partial charge < -0.3 is 5.32 Å². The molecule has 1 N–H and O–H groups in total. The smallest absolute Gasteiger partial charge is 0.101 e. The van der Waals surface area contributed by atoms with E-state index in [4.69, 9.17) is 16.9 Å². The van der Waals surface area contributed by atoms with E-state index in [0.717, 1.165) is 18.7 Å². The van der Waals surface area contributed by atoms with E-state index in [1.165, 1.54) is 11.1 Å². The average molecular weight is 269 g/mol. The second-order valence-corrected chi connectivity index (χ2v) is 5.22. The maximum Gasteiger partial charge on any atom is 0.101 e. The Hall–Kier alpha value is -1.98. The van der Waals surface area contributed by atoms with Crippen LogP contribution in [0.4, 0.5) is 5.69 Å². The van der Waals surface area contributed by atoms with Crippen molar-refractivity contribution in [3.8, 4) is 6.07 Å². The molecule has 0 aromatic heterocycles. The quantitative estimate of drug-likeness (QED) is 0.914. The first-order chi connectivity index (χ1) is 9.28. The number of hydrogen-bond donors (Lipinski definition) is 1. The summed E-state index contributed by atoms with van der Waals surface area (Å²) >= 11 is 5.97. The summed E-state index contributed by atoms with van der Waals surface area (Å²) in [5, 5.41) is 13.1. The summed E-state index contributed by atoms with van der Waals surface area (Å²) in [7, 11) is 0. The highest BCUT2D eigenvalue weighted by Crippen LogP contribution is 2.35. The zero-order valence-electron chi connectivity index (χ0n) is 10.4. The van der Waals surface area contributed by atoms with E-state index in [1.807, 2.05) is 6.07 Å². The van der Waals surface area contributed by atoms with Gasteiger partial charge >= 0.3 is 0 Å². The normalized spacial score (nSPS) is 16.1. The van der Waals surface area contributed by atoms with Gasteiger partial charge in [0.1, 0.15) is 6.07 Å². The summed E-state index contributed by atoms with van der Waals surface area (Å²) in [6.45, 7) is 0.839. The Morgan fingerprint density at radius 1 is 1.26 bits per heavy atom. The summed E-state index contributed by atoms with van der Waals surface area (Å²) in [6.07, 6.45) is 1.10. The third-order valence-corrected chi connectivity index (χ3v) is 3.84. The molecule has 1 atom stereocenters. The fourth-order valence-corrected chi connectivity index (χ4v) is 2.71. The molecule has 0 spiro atoms. The van der Waals surface area contributed by atoms with Crippen molar-refractivity contribution < 1.29 is 0 Å². The number of nitriles is 1. The molecular weight excluding hydrogens is 256 g/mol. The van der Waals surface area contributed by atoms with E-state index < -0.39 is 0 Å². The van der Waals surface area contributed by atoms with Gasteiger partial charge in [-0.1, -0.05) is 35.9 Å². The van der Waals surface area contributed by atoms with Crippen LogP contribution in [0.5, 0.6) is 0 Å². The summed E-state index contributed by atoms with van der Waals surface area (Å²) in [6, 6.07) is 16.0. The number of fused-ring (bicyclic) bond motifs is 1. The lowest BCUT2D eigenvalue weighted by molar-refractivity contribution is 0.636. The van der Waals surface area contributed by atoms with E-state index in [1.54, 1.807) is 12.1 Å². The van der Waals surface area contributed by atoms with Crippen LogP contribution in [0, 0.1) is 11.3 Å². The molecule has 2 aromatic rings. The van der Waals surface area contributed by atoms with E-state index in [9.17, 15) is 0 Å². The van der Waals surface area contributed by atoms with Crippen LogP contribution in [-0.4, -0.2) is 6.54 Å². The largest absolute Gasteiger partial charge is 0.383 e. The van der Waals surface area contributed by atoms with Crippen LogP contribution < -0.4 is 5.32 Å². The number of nitrogens with zero attached hydrogens (tertiary/aromatic N) is 1. The van der Waals surface area contributed by atoms with Crippen molar-refractivity contribution in [3.63, 3.8) is 0 Å². The van der Waals surface area contributed by atoms with Gasteiger partial charge in [-0.2, -0.15) is 5.26 Å². The fourth-order valence-electron chi connectivity index (χ4n) is 2.54. The minimum Gasteiger partial charge on any atom is -0.383 e. The van der Waals surface area contributed by atoms with Gasteiger partial charge in [-0.15, -0.1) is 0 Å². The molecule has 3 rings (SSSR count). The van der Waals surface area contributed by atoms with E-state index in [-0.39, 0.29) is 0 Å². The monoisotopic (exact) mass is 268 g/mol. The van der Waals surface area contributed by atoms with Crippen LogP contribution in [0.3, 0.4) is 0 Å². The first-order valence-corrected chi connectivity index (χ1v) is 6.67. The number of halogens is 1. The third kappa shape index (κ3) is 2.30. The number of hydrogen-bond acceptors (Lipinski definition) is 2. The predicted molar refractivity (Wildman–Crippen MR) is 77.5 cm³/mol. The summed E-state index contributed by atoms with van der Waals surface area (Å²) in [4.78, 5) is 0. The standard InChI is InChI=1S/C16H13ClN2/c17-14-6-5-12(9-18)16(8-14)19-10-13-7-11-3-1-2-4-15(11)13/h1-6,8,13,19H,7,10H2. The topological polar surface area (TPSA) is 35.8 Å². The molecule has 1 aliphatic carbocycles. The molecule has 1 aliphatic rings. The van der Waals surface area contributed by atoms with Crippen molar-refractivity contribution in [3.05, 3.63) is 64.2 Å². The Morgan fingerprint density at radius 3 is 2.89 bits per heavy atom. The molecule has 94 valence electrons. The lowest BCUT2D eigenvalue weighted by atomic mass is 9.77. The van der Waals surface area contributed by atoms with Crippen molar-refractivity contribution in [2.45, 2.75) is 12.3 Å². The predicted octanol–water partition coefficient (Wildman–Crippen LogP) is 3.96. The second-order valence-electron chi connectivity index (χ2n) is 4.78. The molecule has 1 unspecified atom stereocenters. The van der Waals surface area contributed by atoms with E-state index in [2.05, 4.69) is 35.7 Å². The minimum atomic E-state index is 0.529. The van der Waals surface area contributed by atoms with E-state index in [0.29, 0.717) is 16.5 Å². The zero-order valence-corrected chi connectivity index (χ0v) is 11.1. The number of benzene rings is 2.